The maximum atomic E-state index is 5.42. The summed E-state index contributed by atoms with van der Waals surface area (Å²) in [5, 5.41) is 0. The molecule has 0 aliphatic carbocycles. The molecule has 1 unspecified atom stereocenters. The van der Waals surface area contributed by atoms with Gasteiger partial charge in [0.05, 0.1) is 10.7 Å². The smallest absolute Gasteiger partial charge is 0.0976 e. The van der Waals surface area contributed by atoms with Crippen LogP contribution in [0.15, 0.2) is 0 Å². The Balaban J connectivity index is 2.38. The van der Waals surface area contributed by atoms with E-state index in [0.717, 1.165) is 25.0 Å². The van der Waals surface area contributed by atoms with E-state index in [1.165, 1.54) is 12.8 Å². The summed E-state index contributed by atoms with van der Waals surface area (Å²) < 4.78 is 6.30. The fourth-order valence-corrected chi connectivity index (χ4v) is 1.85. The molecule has 0 N–H and O–H groups in total. The Hall–Kier alpha value is 0.570. The van der Waals surface area contributed by atoms with Crippen LogP contribution in [0.1, 0.15) is 19.3 Å². The average molecular weight is 192 g/mol. The standard InChI is InChI=1S/C6H9OPS2/c9-6(8-10)5-3-1-2-4-7-5/h5H,1-4H2. The molecule has 0 spiro atoms. The molecule has 56 valence electrons. The van der Waals surface area contributed by atoms with Crippen molar-refractivity contribution >= 4 is 36.0 Å². The number of thiocarbonyl (C=S) groups is 1. The van der Waals surface area contributed by atoms with Gasteiger partial charge in [-0.1, -0.05) is 24.0 Å². The van der Waals surface area contributed by atoms with Gasteiger partial charge in [0, 0.05) is 14.0 Å². The monoisotopic (exact) mass is 192 g/mol. The summed E-state index contributed by atoms with van der Waals surface area (Å²) in [6.45, 7) is 0.857. The van der Waals surface area contributed by atoms with Gasteiger partial charge in [-0.25, -0.2) is 0 Å². The van der Waals surface area contributed by atoms with E-state index >= 15 is 0 Å². The molecule has 0 radical (unpaired) electrons. The largest absolute Gasteiger partial charge is 0.372 e. The molecule has 10 heavy (non-hydrogen) atoms. The number of hydrogen-bond acceptors (Lipinski definition) is 3. The highest BCUT2D eigenvalue weighted by molar-refractivity contribution is 8.11. The molecule has 4 heteroatoms. The van der Waals surface area contributed by atoms with Gasteiger partial charge in [-0.05, 0) is 19.3 Å². The lowest BCUT2D eigenvalue weighted by Crippen LogP contribution is -2.23. The van der Waals surface area contributed by atoms with Gasteiger partial charge < -0.3 is 4.74 Å². The molecular formula is C6H9OPS2. The quantitative estimate of drug-likeness (QED) is 0.490. The second-order valence-electron chi connectivity index (χ2n) is 2.28. The molecule has 1 atom stereocenters. The van der Waals surface area contributed by atoms with E-state index in [1.807, 2.05) is 0 Å². The third-order valence-electron chi connectivity index (χ3n) is 1.55. The summed E-state index contributed by atoms with van der Waals surface area (Å²) in [5.41, 5.74) is 0. The predicted molar refractivity (Wildman–Crippen MR) is 50.5 cm³/mol. The zero-order chi connectivity index (χ0) is 7.40. The van der Waals surface area contributed by atoms with Crippen molar-refractivity contribution < 1.29 is 4.74 Å². The van der Waals surface area contributed by atoms with Crippen LogP contribution in [-0.4, -0.2) is 17.3 Å². The highest BCUT2D eigenvalue weighted by Crippen LogP contribution is 2.18. The average Bonchev–Trinajstić information content (AvgIpc) is 2.05. The SMILES string of the molecule is S=PC(=S)C1CCCCO1. The molecule has 1 fully saturated rings. The van der Waals surface area contributed by atoms with Crippen molar-refractivity contribution in [3.05, 3.63) is 0 Å². The van der Waals surface area contributed by atoms with Crippen LogP contribution in [0.25, 0.3) is 0 Å². The first-order valence-corrected chi connectivity index (χ1v) is 5.65. The van der Waals surface area contributed by atoms with Crippen LogP contribution < -0.4 is 0 Å². The van der Waals surface area contributed by atoms with Crippen molar-refractivity contribution in [2.75, 3.05) is 6.61 Å². The molecule has 0 aromatic rings. The first-order chi connectivity index (χ1) is 4.84. The zero-order valence-electron chi connectivity index (χ0n) is 5.58. The van der Waals surface area contributed by atoms with Crippen molar-refractivity contribution in [1.82, 2.24) is 0 Å². The van der Waals surface area contributed by atoms with E-state index in [1.54, 1.807) is 0 Å². The predicted octanol–water partition coefficient (Wildman–Crippen LogP) is 2.29. The molecule has 1 saturated heterocycles. The highest BCUT2D eigenvalue weighted by atomic mass is 32.4. The van der Waals surface area contributed by atoms with Gasteiger partial charge in [0.1, 0.15) is 0 Å². The van der Waals surface area contributed by atoms with E-state index in [4.69, 9.17) is 28.8 Å². The minimum atomic E-state index is 0.183. The van der Waals surface area contributed by atoms with Crippen molar-refractivity contribution in [1.29, 1.82) is 0 Å². The molecular weight excluding hydrogens is 183 g/mol. The molecule has 1 rings (SSSR count). The van der Waals surface area contributed by atoms with E-state index in [9.17, 15) is 0 Å². The van der Waals surface area contributed by atoms with Gasteiger partial charge in [-0.15, -0.1) is 0 Å². The van der Waals surface area contributed by atoms with E-state index < -0.39 is 0 Å². The maximum absolute atomic E-state index is 5.42. The second kappa shape index (κ2) is 4.45. The molecule has 0 aromatic heterocycles. The highest BCUT2D eigenvalue weighted by Gasteiger charge is 2.16. The summed E-state index contributed by atoms with van der Waals surface area (Å²) in [6, 6.07) is 0. The summed E-state index contributed by atoms with van der Waals surface area (Å²) in [7, 11) is 0.787. The van der Waals surface area contributed by atoms with E-state index in [2.05, 4.69) is 0 Å². The summed E-state index contributed by atoms with van der Waals surface area (Å²) in [5.74, 6) is 0. The van der Waals surface area contributed by atoms with Crippen LogP contribution in [0.2, 0.25) is 0 Å². The Bertz CT molecular complexity index is 143. The van der Waals surface area contributed by atoms with Crippen molar-refractivity contribution in [2.45, 2.75) is 25.4 Å². The van der Waals surface area contributed by atoms with Crippen molar-refractivity contribution in [3.8, 4) is 0 Å². The Morgan fingerprint density at radius 1 is 1.50 bits per heavy atom. The topological polar surface area (TPSA) is 9.23 Å². The summed E-state index contributed by atoms with van der Waals surface area (Å²) in [4.78, 5) is 0. The second-order valence-corrected chi connectivity index (χ2v) is 4.24. The minimum Gasteiger partial charge on any atom is -0.372 e. The first-order valence-electron chi connectivity index (χ1n) is 3.33. The third-order valence-corrected chi connectivity index (χ3v) is 3.49. The van der Waals surface area contributed by atoms with Gasteiger partial charge in [0.2, 0.25) is 0 Å². The molecule has 1 nitrogen and oxygen atoms in total. The number of hydrogen-bond donors (Lipinski definition) is 0. The van der Waals surface area contributed by atoms with Gasteiger partial charge in [0.15, 0.2) is 0 Å². The van der Waals surface area contributed by atoms with Gasteiger partial charge in [0.25, 0.3) is 0 Å². The third kappa shape index (κ3) is 2.31. The fraction of sp³-hybridized carbons (Fsp3) is 0.833. The van der Waals surface area contributed by atoms with Crippen LogP contribution in [0.3, 0.4) is 0 Å². The lowest BCUT2D eigenvalue weighted by Gasteiger charge is -2.20. The number of rotatable bonds is 2. The van der Waals surface area contributed by atoms with Crippen LogP contribution >= 0.6 is 19.6 Å². The Labute approximate surface area is 73.0 Å². The molecule has 0 amide bonds. The molecule has 0 saturated carbocycles. The Kier molecular flexibility index (Phi) is 3.85. The van der Waals surface area contributed by atoms with Gasteiger partial charge in [-0.2, -0.15) is 0 Å². The van der Waals surface area contributed by atoms with Crippen molar-refractivity contribution in [3.63, 3.8) is 0 Å². The molecule has 0 bridgehead atoms. The van der Waals surface area contributed by atoms with Crippen LogP contribution in [-0.2, 0) is 16.5 Å². The normalized spacial score (nSPS) is 26.6. The molecule has 1 aliphatic heterocycles. The number of ether oxygens (including phenoxy) is 1. The molecule has 1 heterocycles. The van der Waals surface area contributed by atoms with Gasteiger partial charge in [-0.3, -0.25) is 0 Å². The van der Waals surface area contributed by atoms with Crippen LogP contribution in [0, 0.1) is 0 Å². The Morgan fingerprint density at radius 2 is 2.30 bits per heavy atom. The maximum Gasteiger partial charge on any atom is 0.0976 e. The van der Waals surface area contributed by atoms with Crippen LogP contribution in [0.5, 0.6) is 0 Å². The first kappa shape index (κ1) is 8.66. The molecule has 0 aromatic carbocycles. The van der Waals surface area contributed by atoms with E-state index in [-0.39, 0.29) is 6.10 Å². The lowest BCUT2D eigenvalue weighted by molar-refractivity contribution is 0.0618. The fourth-order valence-electron chi connectivity index (χ4n) is 0.994. The molecule has 1 aliphatic rings. The minimum absolute atomic E-state index is 0.183. The Morgan fingerprint density at radius 3 is 2.80 bits per heavy atom. The summed E-state index contributed by atoms with van der Waals surface area (Å²) in [6.07, 6.45) is 3.66. The van der Waals surface area contributed by atoms with Crippen molar-refractivity contribution in [2.24, 2.45) is 0 Å². The van der Waals surface area contributed by atoms with Gasteiger partial charge >= 0.3 is 0 Å². The van der Waals surface area contributed by atoms with Crippen LogP contribution in [0.4, 0.5) is 0 Å². The van der Waals surface area contributed by atoms with E-state index in [0.29, 0.717) is 0 Å². The summed E-state index contributed by atoms with van der Waals surface area (Å²) >= 11 is 9.84. The lowest BCUT2D eigenvalue weighted by atomic mass is 10.1. The zero-order valence-corrected chi connectivity index (χ0v) is 8.11.